The van der Waals surface area contributed by atoms with Crippen molar-refractivity contribution in [2.45, 2.75) is 50.4 Å². The van der Waals surface area contributed by atoms with Gasteiger partial charge in [0.15, 0.2) is 0 Å². The number of nitrogens with zero attached hydrogens (tertiary/aromatic N) is 2. The number of benzene rings is 1. The van der Waals surface area contributed by atoms with Crippen molar-refractivity contribution < 1.29 is 19.1 Å². The molecular formula is C22H28N4O4. The summed E-state index contributed by atoms with van der Waals surface area (Å²) in [6.07, 6.45) is 2.81. The van der Waals surface area contributed by atoms with Gasteiger partial charge in [-0.15, -0.1) is 0 Å². The predicted molar refractivity (Wildman–Crippen MR) is 109 cm³/mol. The van der Waals surface area contributed by atoms with E-state index in [0.717, 1.165) is 63.4 Å². The van der Waals surface area contributed by atoms with Gasteiger partial charge >= 0.3 is 0 Å². The molecule has 4 aliphatic heterocycles. The number of carbonyl (C=O) groups excluding carboxylic acids is 3. The van der Waals surface area contributed by atoms with E-state index in [9.17, 15) is 14.4 Å². The van der Waals surface area contributed by atoms with Crippen LogP contribution in [-0.4, -0.2) is 72.0 Å². The SMILES string of the molecule is O=C1CCC(N2Cc3ccc(CN4CCC5(CC4)COCCN5)cc3C2=O)C(=O)N1. The Morgan fingerprint density at radius 3 is 2.73 bits per heavy atom. The van der Waals surface area contributed by atoms with Gasteiger partial charge in [0, 0.05) is 50.2 Å². The standard InChI is InChI=1S/C22H28N4O4/c27-19-4-3-18(20(28)24-19)26-13-16-2-1-15(11-17(16)21(26)29)12-25-8-5-22(6-9-25)14-30-10-7-23-22/h1-2,11,18,23H,3-10,12-14H2,(H,24,27,28). The number of nitrogens with one attached hydrogen (secondary N) is 2. The van der Waals surface area contributed by atoms with Gasteiger partial charge < -0.3 is 15.0 Å². The summed E-state index contributed by atoms with van der Waals surface area (Å²) in [6, 6.07) is 5.52. The van der Waals surface area contributed by atoms with Crippen molar-refractivity contribution >= 4 is 17.7 Å². The molecule has 4 aliphatic rings. The van der Waals surface area contributed by atoms with Crippen LogP contribution in [0.2, 0.25) is 0 Å². The monoisotopic (exact) mass is 412 g/mol. The first-order chi connectivity index (χ1) is 14.5. The smallest absolute Gasteiger partial charge is 0.255 e. The van der Waals surface area contributed by atoms with Crippen molar-refractivity contribution in [1.82, 2.24) is 20.4 Å². The van der Waals surface area contributed by atoms with Crippen LogP contribution >= 0.6 is 0 Å². The summed E-state index contributed by atoms with van der Waals surface area (Å²) in [7, 11) is 0. The number of ether oxygens (including phenoxy) is 1. The molecule has 8 nitrogen and oxygen atoms in total. The molecule has 1 unspecified atom stereocenters. The first kappa shape index (κ1) is 19.7. The molecule has 4 heterocycles. The summed E-state index contributed by atoms with van der Waals surface area (Å²) in [5, 5.41) is 6.00. The molecule has 0 aromatic heterocycles. The summed E-state index contributed by atoms with van der Waals surface area (Å²) >= 11 is 0. The van der Waals surface area contributed by atoms with Gasteiger partial charge in [0.05, 0.1) is 13.2 Å². The Bertz CT molecular complexity index is 870. The van der Waals surface area contributed by atoms with Crippen molar-refractivity contribution in [2.24, 2.45) is 0 Å². The number of rotatable bonds is 3. The van der Waals surface area contributed by atoms with Gasteiger partial charge in [-0.25, -0.2) is 0 Å². The highest BCUT2D eigenvalue weighted by Crippen LogP contribution is 2.30. The minimum absolute atomic E-state index is 0.109. The van der Waals surface area contributed by atoms with Crippen LogP contribution in [0.15, 0.2) is 18.2 Å². The fraction of sp³-hybridized carbons (Fsp3) is 0.591. The van der Waals surface area contributed by atoms with Gasteiger partial charge in [0.25, 0.3) is 5.91 Å². The number of morpholine rings is 1. The molecule has 8 heteroatoms. The average Bonchev–Trinajstić information content (AvgIpc) is 3.07. The first-order valence-corrected chi connectivity index (χ1v) is 10.8. The number of hydrogen-bond donors (Lipinski definition) is 2. The Morgan fingerprint density at radius 2 is 2.00 bits per heavy atom. The van der Waals surface area contributed by atoms with Crippen LogP contribution in [0.25, 0.3) is 0 Å². The van der Waals surface area contributed by atoms with Gasteiger partial charge in [0.2, 0.25) is 11.8 Å². The maximum atomic E-state index is 13.0. The molecule has 3 fully saturated rings. The predicted octanol–water partition coefficient (Wildman–Crippen LogP) is 0.402. The van der Waals surface area contributed by atoms with E-state index in [1.165, 1.54) is 0 Å². The molecule has 160 valence electrons. The first-order valence-electron chi connectivity index (χ1n) is 10.8. The molecule has 1 aromatic rings. The van der Waals surface area contributed by atoms with Crippen LogP contribution in [0.3, 0.4) is 0 Å². The van der Waals surface area contributed by atoms with E-state index in [-0.39, 0.29) is 29.7 Å². The van der Waals surface area contributed by atoms with Gasteiger partial charge in [-0.1, -0.05) is 12.1 Å². The number of imide groups is 1. The Hall–Kier alpha value is -2.29. The summed E-state index contributed by atoms with van der Waals surface area (Å²) in [5.41, 5.74) is 2.89. The molecule has 5 rings (SSSR count). The highest BCUT2D eigenvalue weighted by Gasteiger charge is 2.39. The topological polar surface area (TPSA) is 91.0 Å². The minimum Gasteiger partial charge on any atom is -0.378 e. The zero-order valence-corrected chi connectivity index (χ0v) is 17.1. The largest absolute Gasteiger partial charge is 0.378 e. The van der Waals surface area contributed by atoms with Gasteiger partial charge in [-0.2, -0.15) is 0 Å². The zero-order valence-electron chi connectivity index (χ0n) is 17.1. The lowest BCUT2D eigenvalue weighted by Gasteiger charge is -2.44. The summed E-state index contributed by atoms with van der Waals surface area (Å²) in [6.45, 7) is 5.77. The van der Waals surface area contributed by atoms with Crippen molar-refractivity contribution in [3.05, 3.63) is 34.9 Å². The van der Waals surface area contributed by atoms with E-state index >= 15 is 0 Å². The Labute approximate surface area is 175 Å². The molecule has 0 bridgehead atoms. The van der Waals surface area contributed by atoms with Gasteiger partial charge in [-0.05, 0) is 36.5 Å². The number of fused-ring (bicyclic) bond motifs is 1. The molecule has 2 N–H and O–H groups in total. The average molecular weight is 412 g/mol. The third-order valence-corrected chi connectivity index (χ3v) is 6.94. The third-order valence-electron chi connectivity index (χ3n) is 6.94. The number of carbonyl (C=O) groups is 3. The van der Waals surface area contributed by atoms with Crippen LogP contribution < -0.4 is 10.6 Å². The van der Waals surface area contributed by atoms with E-state index < -0.39 is 6.04 Å². The quantitative estimate of drug-likeness (QED) is 0.699. The van der Waals surface area contributed by atoms with Gasteiger partial charge in [-0.3, -0.25) is 24.6 Å². The van der Waals surface area contributed by atoms with Crippen molar-refractivity contribution in [2.75, 3.05) is 32.8 Å². The van der Waals surface area contributed by atoms with Crippen molar-refractivity contribution in [3.63, 3.8) is 0 Å². The number of piperidine rings is 2. The molecule has 3 saturated heterocycles. The molecule has 30 heavy (non-hydrogen) atoms. The second-order valence-electron chi connectivity index (χ2n) is 8.93. The Balaban J connectivity index is 1.23. The highest BCUT2D eigenvalue weighted by molar-refractivity contribution is 6.05. The fourth-order valence-corrected chi connectivity index (χ4v) is 5.13. The van der Waals surface area contributed by atoms with E-state index in [1.807, 2.05) is 12.1 Å². The number of likely N-dealkylation sites (tertiary alicyclic amines) is 1. The molecule has 1 aromatic carbocycles. The molecule has 0 radical (unpaired) electrons. The van der Waals surface area contributed by atoms with Crippen LogP contribution in [-0.2, 0) is 27.4 Å². The molecule has 0 aliphatic carbocycles. The lowest BCUT2D eigenvalue weighted by Crippen LogP contribution is -2.59. The maximum absolute atomic E-state index is 13.0. The number of hydrogen-bond acceptors (Lipinski definition) is 6. The van der Waals surface area contributed by atoms with Crippen molar-refractivity contribution in [3.8, 4) is 0 Å². The normalized spacial score (nSPS) is 26.7. The molecule has 1 atom stereocenters. The fourth-order valence-electron chi connectivity index (χ4n) is 5.13. The minimum atomic E-state index is -0.561. The Morgan fingerprint density at radius 1 is 1.17 bits per heavy atom. The maximum Gasteiger partial charge on any atom is 0.255 e. The van der Waals surface area contributed by atoms with Gasteiger partial charge in [0.1, 0.15) is 6.04 Å². The lowest BCUT2D eigenvalue weighted by molar-refractivity contribution is -0.136. The Kier molecular flexibility index (Phi) is 5.08. The third kappa shape index (κ3) is 3.64. The molecule has 1 spiro atoms. The number of amides is 3. The van der Waals surface area contributed by atoms with E-state index in [2.05, 4.69) is 21.6 Å². The van der Waals surface area contributed by atoms with Crippen molar-refractivity contribution in [1.29, 1.82) is 0 Å². The van der Waals surface area contributed by atoms with Crippen LogP contribution in [0.1, 0.15) is 47.2 Å². The van der Waals surface area contributed by atoms with E-state index in [4.69, 9.17) is 4.74 Å². The second kappa shape index (κ2) is 7.76. The molecular weight excluding hydrogens is 384 g/mol. The summed E-state index contributed by atoms with van der Waals surface area (Å²) < 4.78 is 5.68. The summed E-state index contributed by atoms with van der Waals surface area (Å²) in [5.74, 6) is -0.737. The summed E-state index contributed by atoms with van der Waals surface area (Å²) in [4.78, 5) is 40.6. The second-order valence-corrected chi connectivity index (χ2v) is 8.93. The van der Waals surface area contributed by atoms with E-state index in [1.54, 1.807) is 4.90 Å². The molecule has 3 amide bonds. The molecule has 0 saturated carbocycles. The van der Waals surface area contributed by atoms with Crippen LogP contribution in [0, 0.1) is 0 Å². The highest BCUT2D eigenvalue weighted by atomic mass is 16.5. The van der Waals surface area contributed by atoms with Crippen LogP contribution in [0.4, 0.5) is 0 Å². The van der Waals surface area contributed by atoms with Crippen LogP contribution in [0.5, 0.6) is 0 Å². The zero-order chi connectivity index (χ0) is 20.7. The van der Waals surface area contributed by atoms with E-state index in [0.29, 0.717) is 18.5 Å². The lowest BCUT2D eigenvalue weighted by atomic mass is 9.87.